The fourth-order valence-corrected chi connectivity index (χ4v) is 3.48. The van der Waals surface area contributed by atoms with Crippen molar-refractivity contribution in [3.63, 3.8) is 0 Å². The summed E-state index contributed by atoms with van der Waals surface area (Å²) in [4.78, 5) is 10.1. The van der Waals surface area contributed by atoms with Gasteiger partial charge < -0.3 is 15.4 Å². The van der Waals surface area contributed by atoms with Crippen molar-refractivity contribution in [3.05, 3.63) is 45.4 Å². The van der Waals surface area contributed by atoms with Gasteiger partial charge in [-0.3, -0.25) is 4.99 Å². The SMILES string of the molecule is CN=C(NCc1nc(C)c(C)s1)NCc1ccccc1OC1CCC1.I. The monoisotopic (exact) mass is 486 g/mol. The van der Waals surface area contributed by atoms with Gasteiger partial charge in [-0.25, -0.2) is 4.98 Å². The molecule has 0 spiro atoms. The molecular formula is C19H27IN4OS. The van der Waals surface area contributed by atoms with Crippen molar-refractivity contribution in [1.29, 1.82) is 0 Å². The van der Waals surface area contributed by atoms with Crippen molar-refractivity contribution in [2.45, 2.75) is 52.3 Å². The van der Waals surface area contributed by atoms with E-state index in [0.29, 0.717) is 19.2 Å². The molecule has 0 bridgehead atoms. The van der Waals surface area contributed by atoms with Crippen molar-refractivity contribution in [1.82, 2.24) is 15.6 Å². The van der Waals surface area contributed by atoms with E-state index in [2.05, 4.69) is 33.6 Å². The third-order valence-corrected chi connectivity index (χ3v) is 5.54. The van der Waals surface area contributed by atoms with Gasteiger partial charge in [0.05, 0.1) is 18.3 Å². The molecule has 0 amide bonds. The molecule has 0 aliphatic heterocycles. The molecule has 2 aromatic rings. The highest BCUT2D eigenvalue weighted by atomic mass is 127. The average Bonchev–Trinajstić information content (AvgIpc) is 2.90. The van der Waals surface area contributed by atoms with Crippen molar-refractivity contribution in [3.8, 4) is 5.75 Å². The first-order valence-corrected chi connectivity index (χ1v) is 9.59. The Kier molecular flexibility index (Phi) is 8.15. The average molecular weight is 486 g/mol. The van der Waals surface area contributed by atoms with E-state index in [9.17, 15) is 0 Å². The smallest absolute Gasteiger partial charge is 0.191 e. The predicted octanol–water partition coefficient (Wildman–Crippen LogP) is 4.17. The van der Waals surface area contributed by atoms with Crippen molar-refractivity contribution < 1.29 is 4.74 Å². The molecule has 0 saturated heterocycles. The van der Waals surface area contributed by atoms with Crippen molar-refractivity contribution in [2.75, 3.05) is 7.05 Å². The van der Waals surface area contributed by atoms with Crippen molar-refractivity contribution in [2.24, 2.45) is 4.99 Å². The van der Waals surface area contributed by atoms with Crippen LogP contribution < -0.4 is 15.4 Å². The van der Waals surface area contributed by atoms with Crippen LogP contribution in [0.4, 0.5) is 0 Å². The number of aromatic nitrogens is 1. The van der Waals surface area contributed by atoms with E-state index in [0.717, 1.165) is 40.8 Å². The zero-order valence-corrected chi connectivity index (χ0v) is 18.7. The van der Waals surface area contributed by atoms with Gasteiger partial charge in [0.15, 0.2) is 5.96 Å². The second-order valence-corrected chi connectivity index (χ2v) is 7.59. The number of hydrogen-bond donors (Lipinski definition) is 2. The molecule has 3 rings (SSSR count). The Balaban J connectivity index is 0.00000243. The summed E-state index contributed by atoms with van der Waals surface area (Å²) in [5.74, 6) is 1.74. The number of hydrogen-bond acceptors (Lipinski definition) is 4. The molecule has 1 fully saturated rings. The molecule has 0 unspecified atom stereocenters. The summed E-state index contributed by atoms with van der Waals surface area (Å²) in [7, 11) is 1.78. The Morgan fingerprint density at radius 2 is 1.96 bits per heavy atom. The van der Waals surface area contributed by atoms with E-state index in [1.165, 1.54) is 11.3 Å². The molecular weight excluding hydrogens is 459 g/mol. The lowest BCUT2D eigenvalue weighted by Crippen LogP contribution is -2.36. The maximum atomic E-state index is 6.08. The van der Waals surface area contributed by atoms with Crippen LogP contribution in [0.5, 0.6) is 5.75 Å². The number of nitrogens with zero attached hydrogens (tertiary/aromatic N) is 2. The second kappa shape index (κ2) is 10.1. The first-order chi connectivity index (χ1) is 12.2. The highest BCUT2D eigenvalue weighted by Crippen LogP contribution is 2.27. The molecule has 1 saturated carbocycles. The number of rotatable bonds is 6. The van der Waals surface area contributed by atoms with Gasteiger partial charge >= 0.3 is 0 Å². The highest BCUT2D eigenvalue weighted by molar-refractivity contribution is 14.0. The lowest BCUT2D eigenvalue weighted by atomic mass is 9.96. The van der Waals surface area contributed by atoms with E-state index in [-0.39, 0.29) is 24.0 Å². The number of aryl methyl sites for hydroxylation is 2. The lowest BCUT2D eigenvalue weighted by molar-refractivity contribution is 0.119. The quantitative estimate of drug-likeness (QED) is 0.366. The Bertz CT molecular complexity index is 723. The molecule has 1 aromatic heterocycles. The number of ether oxygens (including phenoxy) is 1. The number of para-hydroxylation sites is 1. The van der Waals surface area contributed by atoms with Gasteiger partial charge in [-0.2, -0.15) is 0 Å². The number of thiazole rings is 1. The molecule has 1 heterocycles. The Labute approximate surface area is 176 Å². The van der Waals surface area contributed by atoms with Crippen LogP contribution in [-0.2, 0) is 13.1 Å². The largest absolute Gasteiger partial charge is 0.490 e. The molecule has 2 N–H and O–H groups in total. The number of nitrogens with one attached hydrogen (secondary N) is 2. The predicted molar refractivity (Wildman–Crippen MR) is 119 cm³/mol. The van der Waals surface area contributed by atoms with Gasteiger partial charge in [0, 0.05) is 24.0 Å². The first-order valence-electron chi connectivity index (χ1n) is 8.77. The van der Waals surface area contributed by atoms with Crippen LogP contribution in [0.15, 0.2) is 29.3 Å². The molecule has 0 radical (unpaired) electrons. The van der Waals surface area contributed by atoms with E-state index >= 15 is 0 Å². The van der Waals surface area contributed by atoms with Crippen LogP contribution in [0.25, 0.3) is 0 Å². The van der Waals surface area contributed by atoms with E-state index in [1.54, 1.807) is 18.4 Å². The summed E-state index contributed by atoms with van der Waals surface area (Å²) >= 11 is 1.72. The number of benzene rings is 1. The Morgan fingerprint density at radius 1 is 1.23 bits per heavy atom. The standard InChI is InChI=1S/C19H26N4OS.HI/c1-13-14(2)25-18(23-13)12-22-19(20-3)21-11-15-7-4-5-10-17(15)24-16-8-6-9-16;/h4-5,7,10,16H,6,8-9,11-12H2,1-3H3,(H2,20,21,22);1H. The normalized spacial score (nSPS) is 14.3. The van der Waals surface area contributed by atoms with Gasteiger partial charge in [-0.1, -0.05) is 18.2 Å². The minimum Gasteiger partial charge on any atom is -0.490 e. The van der Waals surface area contributed by atoms with Gasteiger partial charge in [-0.15, -0.1) is 35.3 Å². The highest BCUT2D eigenvalue weighted by Gasteiger charge is 2.20. The molecule has 1 aliphatic rings. The maximum absolute atomic E-state index is 6.08. The third-order valence-electron chi connectivity index (χ3n) is 4.47. The molecule has 26 heavy (non-hydrogen) atoms. The number of guanidine groups is 1. The molecule has 142 valence electrons. The zero-order chi connectivity index (χ0) is 17.6. The van der Waals surface area contributed by atoms with Gasteiger partial charge in [0.25, 0.3) is 0 Å². The van der Waals surface area contributed by atoms with E-state index in [4.69, 9.17) is 4.74 Å². The molecule has 0 atom stereocenters. The molecule has 1 aromatic carbocycles. The molecule has 7 heteroatoms. The maximum Gasteiger partial charge on any atom is 0.191 e. The van der Waals surface area contributed by atoms with Crippen LogP contribution in [-0.4, -0.2) is 24.1 Å². The van der Waals surface area contributed by atoms with Crippen molar-refractivity contribution >= 4 is 41.3 Å². The lowest BCUT2D eigenvalue weighted by Gasteiger charge is -2.27. The van der Waals surface area contributed by atoms with Crippen LogP contribution in [0.2, 0.25) is 0 Å². The second-order valence-electron chi connectivity index (χ2n) is 6.31. The number of halogens is 1. The number of aliphatic imine (C=N–C) groups is 1. The van der Waals surface area contributed by atoms with E-state index < -0.39 is 0 Å². The van der Waals surface area contributed by atoms with Gasteiger partial charge in [0.2, 0.25) is 0 Å². The summed E-state index contributed by atoms with van der Waals surface area (Å²) < 4.78 is 6.08. The third kappa shape index (κ3) is 5.57. The van der Waals surface area contributed by atoms with Crippen LogP contribution in [0, 0.1) is 13.8 Å². The molecule has 5 nitrogen and oxygen atoms in total. The summed E-state index contributed by atoms with van der Waals surface area (Å²) in [6.07, 6.45) is 3.99. The van der Waals surface area contributed by atoms with Crippen LogP contribution in [0.1, 0.15) is 40.4 Å². The first kappa shape index (κ1) is 21.0. The molecule has 1 aliphatic carbocycles. The minimum atomic E-state index is 0. The fourth-order valence-electron chi connectivity index (χ4n) is 2.61. The summed E-state index contributed by atoms with van der Waals surface area (Å²) in [5.41, 5.74) is 2.25. The summed E-state index contributed by atoms with van der Waals surface area (Å²) in [6, 6.07) is 8.22. The van der Waals surface area contributed by atoms with Crippen LogP contribution in [0.3, 0.4) is 0 Å². The Morgan fingerprint density at radius 3 is 2.58 bits per heavy atom. The van der Waals surface area contributed by atoms with Crippen LogP contribution >= 0.6 is 35.3 Å². The topological polar surface area (TPSA) is 58.5 Å². The minimum absolute atomic E-state index is 0. The summed E-state index contributed by atoms with van der Waals surface area (Å²) in [5, 5.41) is 7.76. The Hall–Kier alpha value is -1.35. The van der Waals surface area contributed by atoms with Gasteiger partial charge in [-0.05, 0) is 39.2 Å². The fraction of sp³-hybridized carbons (Fsp3) is 0.474. The summed E-state index contributed by atoms with van der Waals surface area (Å²) in [6.45, 7) is 5.50. The zero-order valence-electron chi connectivity index (χ0n) is 15.5. The van der Waals surface area contributed by atoms with E-state index in [1.807, 2.05) is 25.1 Å². The van der Waals surface area contributed by atoms with Gasteiger partial charge in [0.1, 0.15) is 10.8 Å².